The average Bonchev–Trinajstić information content (AvgIpc) is 3.09. The summed E-state index contributed by atoms with van der Waals surface area (Å²) in [6.45, 7) is 0.908. The van der Waals surface area contributed by atoms with Crippen LogP contribution in [0.4, 0.5) is 0 Å². The molecule has 3 atom stereocenters. The van der Waals surface area contributed by atoms with Gasteiger partial charge in [0, 0.05) is 6.54 Å². The highest BCUT2D eigenvalue weighted by Crippen LogP contribution is 2.47. The Kier molecular flexibility index (Phi) is 4.59. The third-order valence-corrected chi connectivity index (χ3v) is 5.36. The van der Waals surface area contributed by atoms with Crippen LogP contribution in [-0.2, 0) is 17.8 Å². The molecule has 1 amide bonds. The van der Waals surface area contributed by atoms with E-state index in [-0.39, 0.29) is 12.5 Å². The molecular weight excluding hydrogens is 262 g/mol. The molecular formula is C18H25NO2. The lowest BCUT2D eigenvalue weighted by molar-refractivity contribution is -0.120. The fourth-order valence-electron chi connectivity index (χ4n) is 4.20. The van der Waals surface area contributed by atoms with E-state index in [2.05, 4.69) is 5.32 Å². The van der Waals surface area contributed by atoms with Gasteiger partial charge in [-0.25, -0.2) is 0 Å². The molecule has 0 aromatic heterocycles. The maximum atomic E-state index is 12.1. The molecule has 0 radical (unpaired) electrons. The number of rotatable bonds is 5. The highest BCUT2D eigenvalue weighted by Gasteiger charge is 2.38. The van der Waals surface area contributed by atoms with Crippen molar-refractivity contribution < 1.29 is 9.90 Å². The van der Waals surface area contributed by atoms with Crippen LogP contribution in [0.3, 0.4) is 0 Å². The van der Waals surface area contributed by atoms with E-state index in [1.807, 2.05) is 24.3 Å². The van der Waals surface area contributed by atoms with Gasteiger partial charge in [0.15, 0.2) is 0 Å². The number of carbonyl (C=O) groups excluding carboxylic acids is 1. The predicted molar refractivity (Wildman–Crippen MR) is 82.6 cm³/mol. The average molecular weight is 287 g/mol. The van der Waals surface area contributed by atoms with Crippen molar-refractivity contribution in [3.63, 3.8) is 0 Å². The zero-order valence-electron chi connectivity index (χ0n) is 12.6. The van der Waals surface area contributed by atoms with Crippen molar-refractivity contribution in [3.8, 4) is 0 Å². The van der Waals surface area contributed by atoms with E-state index in [0.717, 1.165) is 29.5 Å². The van der Waals surface area contributed by atoms with Crippen LogP contribution in [0.2, 0.25) is 0 Å². The monoisotopic (exact) mass is 287 g/mol. The summed E-state index contributed by atoms with van der Waals surface area (Å²) < 4.78 is 0. The molecule has 3 rings (SSSR count). The number of fused-ring (bicyclic) bond motifs is 1. The minimum absolute atomic E-state index is 0.0523. The van der Waals surface area contributed by atoms with Gasteiger partial charge in [-0.2, -0.15) is 0 Å². The summed E-state index contributed by atoms with van der Waals surface area (Å²) >= 11 is 0. The molecule has 2 aliphatic carbocycles. The van der Waals surface area contributed by atoms with Gasteiger partial charge >= 0.3 is 0 Å². The Bertz CT molecular complexity index is 482. The van der Waals surface area contributed by atoms with Gasteiger partial charge in [0.05, 0.1) is 13.0 Å². The molecule has 0 bridgehead atoms. The number of hydrogen-bond acceptors (Lipinski definition) is 2. The van der Waals surface area contributed by atoms with Crippen LogP contribution in [0.5, 0.6) is 0 Å². The molecule has 1 aromatic carbocycles. The topological polar surface area (TPSA) is 49.3 Å². The van der Waals surface area contributed by atoms with Crippen LogP contribution < -0.4 is 5.32 Å². The van der Waals surface area contributed by atoms with Crippen molar-refractivity contribution >= 4 is 5.91 Å². The summed E-state index contributed by atoms with van der Waals surface area (Å²) in [4.78, 5) is 12.1. The lowest BCUT2D eigenvalue weighted by atomic mass is 9.92. The highest BCUT2D eigenvalue weighted by atomic mass is 16.3. The summed E-state index contributed by atoms with van der Waals surface area (Å²) in [5.74, 6) is 2.64. The lowest BCUT2D eigenvalue weighted by Gasteiger charge is -2.19. The molecule has 2 N–H and O–H groups in total. The van der Waals surface area contributed by atoms with Crippen molar-refractivity contribution in [2.24, 2.45) is 17.8 Å². The molecule has 21 heavy (non-hydrogen) atoms. The minimum atomic E-state index is 0.0523. The van der Waals surface area contributed by atoms with E-state index >= 15 is 0 Å². The third-order valence-electron chi connectivity index (χ3n) is 5.36. The number of hydrogen-bond donors (Lipinski definition) is 2. The van der Waals surface area contributed by atoms with Gasteiger partial charge in [0.2, 0.25) is 5.91 Å². The van der Waals surface area contributed by atoms with Crippen LogP contribution in [0.15, 0.2) is 24.3 Å². The molecule has 0 saturated heterocycles. The smallest absolute Gasteiger partial charge is 0.224 e. The molecule has 114 valence electrons. The molecule has 0 heterocycles. The van der Waals surface area contributed by atoms with E-state index in [1.165, 1.54) is 32.1 Å². The van der Waals surface area contributed by atoms with E-state index in [0.29, 0.717) is 12.3 Å². The Morgan fingerprint density at radius 3 is 2.62 bits per heavy atom. The van der Waals surface area contributed by atoms with Gasteiger partial charge in [0.25, 0.3) is 0 Å². The second-order valence-corrected chi connectivity index (χ2v) is 6.65. The van der Waals surface area contributed by atoms with Crippen molar-refractivity contribution in [3.05, 3.63) is 35.4 Å². The molecule has 2 fully saturated rings. The molecule has 3 nitrogen and oxygen atoms in total. The number of benzene rings is 1. The number of nitrogens with one attached hydrogen (secondary N) is 1. The Balaban J connectivity index is 1.45. The first-order valence-corrected chi connectivity index (χ1v) is 8.21. The number of amides is 1. The van der Waals surface area contributed by atoms with Gasteiger partial charge in [-0.1, -0.05) is 37.1 Å². The summed E-state index contributed by atoms with van der Waals surface area (Å²) in [5, 5.41) is 12.1. The van der Waals surface area contributed by atoms with E-state index in [1.54, 1.807) is 0 Å². The summed E-state index contributed by atoms with van der Waals surface area (Å²) in [6.07, 6.45) is 7.26. The Morgan fingerprint density at radius 1 is 1.10 bits per heavy atom. The van der Waals surface area contributed by atoms with Crippen molar-refractivity contribution in [2.75, 3.05) is 6.54 Å². The number of aliphatic hydroxyl groups excluding tert-OH is 1. The zero-order chi connectivity index (χ0) is 14.7. The van der Waals surface area contributed by atoms with Crippen LogP contribution >= 0.6 is 0 Å². The molecule has 1 aromatic rings. The van der Waals surface area contributed by atoms with Gasteiger partial charge in [-0.15, -0.1) is 0 Å². The summed E-state index contributed by atoms with van der Waals surface area (Å²) in [6, 6.07) is 7.60. The number of carbonyl (C=O) groups is 1. The van der Waals surface area contributed by atoms with Gasteiger partial charge in [-0.05, 0) is 48.1 Å². The maximum absolute atomic E-state index is 12.1. The van der Waals surface area contributed by atoms with Gasteiger partial charge < -0.3 is 10.4 Å². The molecule has 2 aliphatic rings. The first-order valence-electron chi connectivity index (χ1n) is 8.21. The van der Waals surface area contributed by atoms with E-state index in [4.69, 9.17) is 5.11 Å². The van der Waals surface area contributed by atoms with Crippen molar-refractivity contribution in [1.29, 1.82) is 0 Å². The number of aliphatic hydroxyl groups is 1. The Hall–Kier alpha value is -1.35. The van der Waals surface area contributed by atoms with Gasteiger partial charge in [0.1, 0.15) is 0 Å². The predicted octanol–water partition coefficient (Wildman–Crippen LogP) is 2.66. The largest absolute Gasteiger partial charge is 0.392 e. The van der Waals surface area contributed by atoms with Crippen molar-refractivity contribution in [2.45, 2.75) is 45.1 Å². The fraction of sp³-hybridized carbons (Fsp3) is 0.611. The maximum Gasteiger partial charge on any atom is 0.224 e. The lowest BCUT2D eigenvalue weighted by Crippen LogP contribution is -2.32. The van der Waals surface area contributed by atoms with Crippen LogP contribution in [0, 0.1) is 17.8 Å². The van der Waals surface area contributed by atoms with E-state index < -0.39 is 0 Å². The van der Waals surface area contributed by atoms with Crippen LogP contribution in [0.1, 0.15) is 43.2 Å². The molecule has 0 aliphatic heterocycles. The molecule has 0 unspecified atom stereocenters. The SMILES string of the molecule is O=C(Cc1ccc(CO)cc1)NC[C@H]1CC[C@@H]2CCC[C@@H]21. The first-order chi connectivity index (χ1) is 10.3. The summed E-state index contributed by atoms with van der Waals surface area (Å²) in [5.41, 5.74) is 1.90. The Labute approximate surface area is 126 Å². The quantitative estimate of drug-likeness (QED) is 0.874. The minimum Gasteiger partial charge on any atom is -0.392 e. The van der Waals surface area contributed by atoms with E-state index in [9.17, 15) is 4.79 Å². The normalized spacial score (nSPS) is 27.6. The molecule has 3 heteroatoms. The highest BCUT2D eigenvalue weighted by molar-refractivity contribution is 5.78. The zero-order valence-corrected chi connectivity index (χ0v) is 12.6. The van der Waals surface area contributed by atoms with Crippen LogP contribution in [0.25, 0.3) is 0 Å². The van der Waals surface area contributed by atoms with Crippen molar-refractivity contribution in [1.82, 2.24) is 5.32 Å². The molecule has 2 saturated carbocycles. The molecule has 0 spiro atoms. The Morgan fingerprint density at radius 2 is 1.86 bits per heavy atom. The second-order valence-electron chi connectivity index (χ2n) is 6.65. The first kappa shape index (κ1) is 14.6. The fourth-order valence-corrected chi connectivity index (χ4v) is 4.20. The third kappa shape index (κ3) is 3.46. The summed E-state index contributed by atoms with van der Waals surface area (Å²) in [7, 11) is 0. The van der Waals surface area contributed by atoms with Crippen LogP contribution in [-0.4, -0.2) is 17.6 Å². The second kappa shape index (κ2) is 6.61. The standard InChI is InChI=1S/C18H25NO2/c20-12-14-6-4-13(5-7-14)10-18(21)19-11-16-9-8-15-2-1-3-17(15)16/h4-7,15-17,20H,1-3,8-12H2,(H,19,21)/t15-,16+,17-/m0/s1. The van der Waals surface area contributed by atoms with Gasteiger partial charge in [-0.3, -0.25) is 4.79 Å².